The van der Waals surface area contributed by atoms with E-state index in [1.54, 1.807) is 6.07 Å². The minimum absolute atomic E-state index is 0.148. The van der Waals surface area contributed by atoms with Gasteiger partial charge in [0.1, 0.15) is 0 Å². The summed E-state index contributed by atoms with van der Waals surface area (Å²) < 4.78 is 6.11. The van der Waals surface area contributed by atoms with Crippen LogP contribution in [0, 0.1) is 5.92 Å². The summed E-state index contributed by atoms with van der Waals surface area (Å²) in [5.74, 6) is 0.223. The maximum Gasteiger partial charge on any atom is 0.0680 e. The fraction of sp³-hybridized carbons (Fsp3) is 0.600. The molecule has 2 N–H and O–H groups in total. The average molecular weight is 302 g/mol. The lowest BCUT2D eigenvalue weighted by molar-refractivity contribution is -0.0767. The molecule has 2 atom stereocenters. The Bertz CT molecular complexity index is 485. The Morgan fingerprint density at radius 2 is 1.89 bits per heavy atom. The van der Waals surface area contributed by atoms with Crippen LogP contribution in [-0.2, 0) is 4.74 Å². The zero-order valence-electron chi connectivity index (χ0n) is 11.8. The normalized spacial score (nSPS) is 26.4. The van der Waals surface area contributed by atoms with Crippen LogP contribution in [0.15, 0.2) is 18.2 Å². The molecule has 19 heavy (non-hydrogen) atoms. The highest BCUT2D eigenvalue weighted by Gasteiger charge is 2.48. The van der Waals surface area contributed by atoms with Crippen molar-refractivity contribution in [2.75, 3.05) is 0 Å². The van der Waals surface area contributed by atoms with E-state index < -0.39 is 0 Å². The largest absolute Gasteiger partial charge is 0.369 e. The molecule has 0 aromatic heterocycles. The van der Waals surface area contributed by atoms with E-state index in [0.717, 1.165) is 12.0 Å². The Hall–Kier alpha value is -0.280. The second kappa shape index (κ2) is 4.92. The summed E-state index contributed by atoms with van der Waals surface area (Å²) in [5.41, 5.74) is 6.97. The van der Waals surface area contributed by atoms with Gasteiger partial charge in [0.15, 0.2) is 0 Å². The van der Waals surface area contributed by atoms with Crippen molar-refractivity contribution < 1.29 is 4.74 Å². The predicted octanol–water partition coefficient (Wildman–Crippen LogP) is 4.59. The maximum atomic E-state index is 6.44. The fourth-order valence-electron chi connectivity index (χ4n) is 3.15. The van der Waals surface area contributed by atoms with Crippen molar-refractivity contribution in [3.8, 4) is 0 Å². The van der Waals surface area contributed by atoms with E-state index in [0.29, 0.717) is 10.0 Å². The van der Waals surface area contributed by atoms with Gasteiger partial charge in [0, 0.05) is 22.0 Å². The molecule has 106 valence electrons. The van der Waals surface area contributed by atoms with Crippen LogP contribution in [0.25, 0.3) is 0 Å². The Morgan fingerprint density at radius 1 is 1.26 bits per heavy atom. The first-order chi connectivity index (χ1) is 8.62. The first-order valence-electron chi connectivity index (χ1n) is 6.53. The van der Waals surface area contributed by atoms with Gasteiger partial charge in [-0.15, -0.1) is 0 Å². The van der Waals surface area contributed by atoms with E-state index in [1.807, 2.05) is 12.1 Å². The summed E-state index contributed by atoms with van der Waals surface area (Å²) in [5, 5.41) is 1.25. The molecule has 1 aromatic rings. The van der Waals surface area contributed by atoms with E-state index in [1.165, 1.54) is 0 Å². The molecular weight excluding hydrogens is 281 g/mol. The Labute approximate surface area is 125 Å². The number of nitrogens with two attached hydrogens (primary N) is 1. The van der Waals surface area contributed by atoms with Crippen molar-refractivity contribution in [3.63, 3.8) is 0 Å². The van der Waals surface area contributed by atoms with Crippen LogP contribution in [0.1, 0.15) is 45.7 Å². The molecule has 1 saturated heterocycles. The van der Waals surface area contributed by atoms with Crippen LogP contribution >= 0.6 is 23.2 Å². The molecule has 0 amide bonds. The van der Waals surface area contributed by atoms with Crippen LogP contribution in [0.4, 0.5) is 0 Å². The molecule has 1 heterocycles. The summed E-state index contributed by atoms with van der Waals surface area (Å²) in [7, 11) is 0. The standard InChI is InChI=1S/C15H21Cl2NO/c1-14(2)8-11(15(3,4)19-14)13(18)10-6-5-9(16)7-12(10)17/h5-7,11,13H,8,18H2,1-4H3. The van der Waals surface area contributed by atoms with Crippen molar-refractivity contribution in [1.29, 1.82) is 0 Å². The molecule has 0 aliphatic carbocycles. The third-order valence-electron chi connectivity index (χ3n) is 3.90. The lowest BCUT2D eigenvalue weighted by Crippen LogP contribution is -2.36. The Morgan fingerprint density at radius 3 is 2.37 bits per heavy atom. The van der Waals surface area contributed by atoms with E-state index >= 15 is 0 Å². The van der Waals surface area contributed by atoms with Crippen molar-refractivity contribution in [3.05, 3.63) is 33.8 Å². The maximum absolute atomic E-state index is 6.44. The topological polar surface area (TPSA) is 35.2 Å². The van der Waals surface area contributed by atoms with Gasteiger partial charge in [-0.2, -0.15) is 0 Å². The van der Waals surface area contributed by atoms with Crippen LogP contribution < -0.4 is 5.73 Å². The molecule has 1 aliphatic heterocycles. The molecule has 1 aromatic carbocycles. The molecule has 1 fully saturated rings. The Kier molecular flexibility index (Phi) is 3.92. The lowest BCUT2D eigenvalue weighted by atomic mass is 9.79. The van der Waals surface area contributed by atoms with Gasteiger partial charge in [0.05, 0.1) is 11.2 Å². The minimum Gasteiger partial charge on any atom is -0.369 e. The summed E-state index contributed by atoms with van der Waals surface area (Å²) in [6, 6.07) is 5.33. The monoisotopic (exact) mass is 301 g/mol. The quantitative estimate of drug-likeness (QED) is 0.867. The number of ether oxygens (including phenoxy) is 1. The van der Waals surface area contributed by atoms with Gasteiger partial charge in [-0.25, -0.2) is 0 Å². The van der Waals surface area contributed by atoms with Crippen LogP contribution in [0.2, 0.25) is 10.0 Å². The highest BCUT2D eigenvalue weighted by atomic mass is 35.5. The number of halogens is 2. The smallest absolute Gasteiger partial charge is 0.0680 e. The highest BCUT2D eigenvalue weighted by Crippen LogP contribution is 2.47. The number of rotatable bonds is 2. The molecule has 0 bridgehead atoms. The van der Waals surface area contributed by atoms with E-state index in [4.69, 9.17) is 33.7 Å². The van der Waals surface area contributed by atoms with Crippen molar-refractivity contribution in [2.45, 2.75) is 51.4 Å². The molecular formula is C15H21Cl2NO. The first-order valence-corrected chi connectivity index (χ1v) is 7.29. The second-order valence-corrected chi connectivity index (χ2v) is 7.31. The summed E-state index contributed by atoms with van der Waals surface area (Å²) in [6.45, 7) is 8.39. The van der Waals surface area contributed by atoms with Crippen LogP contribution in [0.3, 0.4) is 0 Å². The van der Waals surface area contributed by atoms with Gasteiger partial charge in [-0.3, -0.25) is 0 Å². The van der Waals surface area contributed by atoms with Gasteiger partial charge >= 0.3 is 0 Å². The molecule has 0 saturated carbocycles. The van der Waals surface area contributed by atoms with Crippen LogP contribution in [-0.4, -0.2) is 11.2 Å². The van der Waals surface area contributed by atoms with Crippen molar-refractivity contribution >= 4 is 23.2 Å². The van der Waals surface area contributed by atoms with Gasteiger partial charge in [0.2, 0.25) is 0 Å². The van der Waals surface area contributed by atoms with Gasteiger partial charge in [0.25, 0.3) is 0 Å². The fourth-order valence-corrected chi connectivity index (χ4v) is 3.69. The third kappa shape index (κ3) is 3.08. The molecule has 0 spiro atoms. The lowest BCUT2D eigenvalue weighted by Gasteiger charge is -2.31. The number of benzene rings is 1. The van der Waals surface area contributed by atoms with Gasteiger partial charge in [-0.1, -0.05) is 29.3 Å². The highest BCUT2D eigenvalue weighted by molar-refractivity contribution is 6.35. The number of hydrogen-bond donors (Lipinski definition) is 1. The zero-order chi connectivity index (χ0) is 14.4. The molecule has 0 radical (unpaired) electrons. The van der Waals surface area contributed by atoms with E-state index in [-0.39, 0.29) is 23.2 Å². The molecule has 4 heteroatoms. The second-order valence-electron chi connectivity index (χ2n) is 6.47. The van der Waals surface area contributed by atoms with Crippen LogP contribution in [0.5, 0.6) is 0 Å². The molecule has 2 unspecified atom stereocenters. The minimum atomic E-state index is -0.258. The summed E-state index contributed by atoms with van der Waals surface area (Å²) >= 11 is 12.2. The molecule has 2 rings (SSSR count). The predicted molar refractivity (Wildman–Crippen MR) is 80.7 cm³/mol. The third-order valence-corrected chi connectivity index (χ3v) is 4.46. The SMILES string of the molecule is CC1(C)CC(C(N)c2ccc(Cl)cc2Cl)C(C)(C)O1. The first kappa shape index (κ1) is 15.1. The summed E-state index contributed by atoms with van der Waals surface area (Å²) in [6.07, 6.45) is 0.917. The van der Waals surface area contributed by atoms with Crippen molar-refractivity contribution in [1.82, 2.24) is 0 Å². The molecule has 1 aliphatic rings. The van der Waals surface area contributed by atoms with Crippen molar-refractivity contribution in [2.24, 2.45) is 11.7 Å². The zero-order valence-corrected chi connectivity index (χ0v) is 13.3. The Balaban J connectivity index is 2.31. The average Bonchev–Trinajstić information content (AvgIpc) is 2.45. The summed E-state index contributed by atoms with van der Waals surface area (Å²) in [4.78, 5) is 0. The van der Waals surface area contributed by atoms with E-state index in [2.05, 4.69) is 27.7 Å². The van der Waals surface area contributed by atoms with Gasteiger partial charge in [-0.05, 0) is 51.8 Å². The van der Waals surface area contributed by atoms with Gasteiger partial charge < -0.3 is 10.5 Å². The molecule has 2 nitrogen and oxygen atoms in total. The number of hydrogen-bond acceptors (Lipinski definition) is 2. The van der Waals surface area contributed by atoms with E-state index in [9.17, 15) is 0 Å².